The van der Waals surface area contributed by atoms with Gasteiger partial charge in [0, 0.05) is 11.5 Å². The van der Waals surface area contributed by atoms with Crippen LogP contribution in [0.4, 0.5) is 5.69 Å². The number of hydrogen-bond donors (Lipinski definition) is 0. The van der Waals surface area contributed by atoms with E-state index in [2.05, 4.69) is 15.9 Å². The number of hydrogen-bond acceptors (Lipinski definition) is 2. The fourth-order valence-corrected chi connectivity index (χ4v) is 3.28. The molecule has 2 aromatic carbocycles. The Morgan fingerprint density at radius 1 is 0.950 bits per heavy atom. The third kappa shape index (κ3) is 2.88. The first-order valence-corrected chi connectivity index (χ1v) is 8.37. The zero-order valence-corrected chi connectivity index (χ0v) is 14.0. The topological polar surface area (TPSA) is 37.4 Å². The highest BCUT2D eigenvalue weighted by Gasteiger charge is 2.21. The SMILES string of the molecule is Cc1ccc(N(C)S(=O)(=O)c2ccc(Br)cc2)cc1C. The number of rotatable bonds is 3. The molecule has 0 heterocycles. The summed E-state index contributed by atoms with van der Waals surface area (Å²) < 4.78 is 27.3. The predicted octanol–water partition coefficient (Wildman–Crippen LogP) is 3.89. The van der Waals surface area contributed by atoms with E-state index in [9.17, 15) is 8.42 Å². The second-order valence-electron chi connectivity index (χ2n) is 4.70. The normalized spacial score (nSPS) is 11.4. The number of sulfonamides is 1. The number of anilines is 1. The van der Waals surface area contributed by atoms with Gasteiger partial charge in [-0.1, -0.05) is 22.0 Å². The lowest BCUT2D eigenvalue weighted by molar-refractivity contribution is 0.594. The largest absolute Gasteiger partial charge is 0.269 e. The van der Waals surface area contributed by atoms with Crippen LogP contribution >= 0.6 is 15.9 Å². The Bertz CT molecular complexity index is 724. The van der Waals surface area contributed by atoms with E-state index < -0.39 is 10.0 Å². The third-order valence-electron chi connectivity index (χ3n) is 3.33. The molecule has 0 radical (unpaired) electrons. The Morgan fingerprint density at radius 2 is 1.55 bits per heavy atom. The van der Waals surface area contributed by atoms with Crippen LogP contribution in [0.15, 0.2) is 51.8 Å². The molecule has 0 aliphatic rings. The minimum Gasteiger partial charge on any atom is -0.269 e. The number of aryl methyl sites for hydroxylation is 2. The summed E-state index contributed by atoms with van der Waals surface area (Å²) in [7, 11) is -1.95. The second-order valence-corrected chi connectivity index (χ2v) is 7.58. The van der Waals surface area contributed by atoms with Crippen LogP contribution in [0.25, 0.3) is 0 Å². The molecule has 3 nitrogen and oxygen atoms in total. The molecule has 20 heavy (non-hydrogen) atoms. The molecule has 0 N–H and O–H groups in total. The van der Waals surface area contributed by atoms with E-state index in [0.717, 1.165) is 15.6 Å². The van der Waals surface area contributed by atoms with E-state index >= 15 is 0 Å². The first-order valence-electron chi connectivity index (χ1n) is 6.14. The summed E-state index contributed by atoms with van der Waals surface area (Å²) in [5.41, 5.74) is 2.87. The van der Waals surface area contributed by atoms with Gasteiger partial charge in [-0.2, -0.15) is 0 Å². The Balaban J connectivity index is 2.42. The van der Waals surface area contributed by atoms with Crippen LogP contribution in [0.3, 0.4) is 0 Å². The summed E-state index contributed by atoms with van der Waals surface area (Å²) in [5.74, 6) is 0. The van der Waals surface area contributed by atoms with Gasteiger partial charge in [0.1, 0.15) is 0 Å². The molecule has 0 fully saturated rings. The zero-order chi connectivity index (χ0) is 14.9. The highest BCUT2D eigenvalue weighted by Crippen LogP contribution is 2.24. The van der Waals surface area contributed by atoms with Gasteiger partial charge in [0.2, 0.25) is 0 Å². The molecule has 0 aromatic heterocycles. The molecular formula is C15H16BrNO2S. The molecule has 0 aliphatic carbocycles. The van der Waals surface area contributed by atoms with Gasteiger partial charge < -0.3 is 0 Å². The van der Waals surface area contributed by atoms with Crippen molar-refractivity contribution in [2.75, 3.05) is 11.4 Å². The molecule has 0 bridgehead atoms. The van der Waals surface area contributed by atoms with Crippen LogP contribution in [-0.2, 0) is 10.0 Å². The molecule has 0 saturated carbocycles. The Kier molecular flexibility index (Phi) is 4.20. The van der Waals surface area contributed by atoms with Crippen LogP contribution in [0.5, 0.6) is 0 Å². The number of nitrogens with zero attached hydrogens (tertiary/aromatic N) is 1. The van der Waals surface area contributed by atoms with Crippen LogP contribution in [-0.4, -0.2) is 15.5 Å². The van der Waals surface area contributed by atoms with E-state index in [0.29, 0.717) is 5.69 Å². The van der Waals surface area contributed by atoms with Crippen molar-refractivity contribution in [1.29, 1.82) is 0 Å². The maximum atomic E-state index is 12.6. The van der Waals surface area contributed by atoms with Gasteiger partial charge in [0.25, 0.3) is 10.0 Å². The first kappa shape index (κ1) is 15.1. The molecule has 0 unspecified atom stereocenters. The molecule has 106 valence electrons. The zero-order valence-electron chi connectivity index (χ0n) is 11.6. The van der Waals surface area contributed by atoms with Crippen molar-refractivity contribution in [3.05, 3.63) is 58.1 Å². The van der Waals surface area contributed by atoms with Crippen molar-refractivity contribution in [2.45, 2.75) is 18.7 Å². The van der Waals surface area contributed by atoms with Gasteiger partial charge >= 0.3 is 0 Å². The third-order valence-corrected chi connectivity index (χ3v) is 5.65. The maximum absolute atomic E-state index is 12.6. The fraction of sp³-hybridized carbons (Fsp3) is 0.200. The fourth-order valence-electron chi connectivity index (χ4n) is 1.82. The highest BCUT2D eigenvalue weighted by molar-refractivity contribution is 9.10. The van der Waals surface area contributed by atoms with Crippen LogP contribution in [0.2, 0.25) is 0 Å². The lowest BCUT2D eigenvalue weighted by Gasteiger charge is -2.20. The van der Waals surface area contributed by atoms with Crippen LogP contribution in [0.1, 0.15) is 11.1 Å². The second kappa shape index (κ2) is 5.58. The number of halogens is 1. The lowest BCUT2D eigenvalue weighted by Crippen LogP contribution is -2.26. The van der Waals surface area contributed by atoms with E-state index in [-0.39, 0.29) is 4.90 Å². The summed E-state index contributed by atoms with van der Waals surface area (Å²) in [6, 6.07) is 12.3. The van der Waals surface area contributed by atoms with Crippen LogP contribution in [0, 0.1) is 13.8 Å². The highest BCUT2D eigenvalue weighted by atomic mass is 79.9. The average molecular weight is 354 g/mol. The molecule has 0 aliphatic heterocycles. The van der Waals surface area contributed by atoms with Crippen molar-refractivity contribution in [1.82, 2.24) is 0 Å². The van der Waals surface area contributed by atoms with Gasteiger partial charge in [0.05, 0.1) is 10.6 Å². The molecule has 0 atom stereocenters. The smallest absolute Gasteiger partial charge is 0.264 e. The standard InChI is InChI=1S/C15H16BrNO2S/c1-11-4-7-14(10-12(11)2)17(3)20(18,19)15-8-5-13(16)6-9-15/h4-10H,1-3H3. The van der Waals surface area contributed by atoms with Gasteiger partial charge in [-0.15, -0.1) is 0 Å². The molecular weight excluding hydrogens is 338 g/mol. The van der Waals surface area contributed by atoms with Gasteiger partial charge in [-0.25, -0.2) is 8.42 Å². The summed E-state index contributed by atoms with van der Waals surface area (Å²) in [6.45, 7) is 3.97. The van der Waals surface area contributed by atoms with Crippen molar-refractivity contribution in [3.63, 3.8) is 0 Å². The molecule has 0 amide bonds. The van der Waals surface area contributed by atoms with Crippen molar-refractivity contribution in [2.24, 2.45) is 0 Å². The molecule has 0 saturated heterocycles. The number of benzene rings is 2. The Morgan fingerprint density at radius 3 is 2.10 bits per heavy atom. The molecule has 2 aromatic rings. The van der Waals surface area contributed by atoms with Crippen molar-refractivity contribution >= 4 is 31.6 Å². The van der Waals surface area contributed by atoms with Gasteiger partial charge in [0.15, 0.2) is 0 Å². The van der Waals surface area contributed by atoms with Gasteiger partial charge in [-0.05, 0) is 61.4 Å². The minimum atomic E-state index is -3.53. The van der Waals surface area contributed by atoms with Gasteiger partial charge in [-0.3, -0.25) is 4.31 Å². The maximum Gasteiger partial charge on any atom is 0.264 e. The van der Waals surface area contributed by atoms with Crippen molar-refractivity contribution in [3.8, 4) is 0 Å². The van der Waals surface area contributed by atoms with Crippen LogP contribution < -0.4 is 4.31 Å². The predicted molar refractivity (Wildman–Crippen MR) is 85.6 cm³/mol. The Labute approximate surface area is 128 Å². The van der Waals surface area contributed by atoms with E-state index in [1.54, 1.807) is 31.3 Å². The lowest BCUT2D eigenvalue weighted by atomic mass is 10.1. The Hall–Kier alpha value is -1.33. The summed E-state index contributed by atoms with van der Waals surface area (Å²) in [4.78, 5) is 0.279. The van der Waals surface area contributed by atoms with E-state index in [4.69, 9.17) is 0 Å². The minimum absolute atomic E-state index is 0.279. The first-order chi connectivity index (χ1) is 9.32. The quantitative estimate of drug-likeness (QED) is 0.839. The average Bonchev–Trinajstić information content (AvgIpc) is 2.41. The summed E-state index contributed by atoms with van der Waals surface area (Å²) in [6.07, 6.45) is 0. The summed E-state index contributed by atoms with van der Waals surface area (Å²) in [5, 5.41) is 0. The summed E-state index contributed by atoms with van der Waals surface area (Å²) >= 11 is 3.30. The molecule has 0 spiro atoms. The van der Waals surface area contributed by atoms with E-state index in [1.165, 1.54) is 4.31 Å². The monoisotopic (exact) mass is 353 g/mol. The molecule has 5 heteroatoms. The van der Waals surface area contributed by atoms with E-state index in [1.807, 2.05) is 32.0 Å². The molecule has 2 rings (SSSR count). The van der Waals surface area contributed by atoms with Crippen molar-refractivity contribution < 1.29 is 8.42 Å².